The molecule has 4 nitrogen and oxygen atoms in total. The van der Waals surface area contributed by atoms with E-state index < -0.39 is 0 Å². The van der Waals surface area contributed by atoms with Crippen molar-refractivity contribution in [2.45, 2.75) is 20.8 Å². The van der Waals surface area contributed by atoms with Gasteiger partial charge in [0.25, 0.3) is 5.91 Å². The molecule has 0 bridgehead atoms. The Hall–Kier alpha value is -2.36. The first-order valence-corrected chi connectivity index (χ1v) is 6.03. The molecule has 1 aromatic carbocycles. The van der Waals surface area contributed by atoms with Crippen molar-refractivity contribution in [3.05, 3.63) is 52.8 Å². The molecule has 19 heavy (non-hydrogen) atoms. The standard InChI is InChI=1S/C15H16N2O2/c1-9-5-4-6-12(14(9)18)15(19)17-13-8-7-10(2)16-11(13)3/h4-8,18H,1-3H3,(H,17,19). The molecule has 0 saturated carbocycles. The van der Waals surface area contributed by atoms with Crippen LogP contribution in [0.4, 0.5) is 5.69 Å². The molecule has 0 aliphatic heterocycles. The Kier molecular flexibility index (Phi) is 3.51. The monoisotopic (exact) mass is 256 g/mol. The Labute approximate surface area is 112 Å². The number of rotatable bonds is 2. The van der Waals surface area contributed by atoms with Gasteiger partial charge in [-0.1, -0.05) is 12.1 Å². The molecule has 0 unspecified atom stereocenters. The summed E-state index contributed by atoms with van der Waals surface area (Å²) < 4.78 is 0. The van der Waals surface area contributed by atoms with Gasteiger partial charge >= 0.3 is 0 Å². The van der Waals surface area contributed by atoms with E-state index in [-0.39, 0.29) is 17.2 Å². The van der Waals surface area contributed by atoms with Crippen LogP contribution in [0.15, 0.2) is 30.3 Å². The van der Waals surface area contributed by atoms with E-state index in [0.29, 0.717) is 11.3 Å². The number of benzene rings is 1. The van der Waals surface area contributed by atoms with Gasteiger partial charge in [0.1, 0.15) is 5.75 Å². The summed E-state index contributed by atoms with van der Waals surface area (Å²) in [5.41, 5.74) is 3.23. The van der Waals surface area contributed by atoms with Gasteiger partial charge in [-0.05, 0) is 44.5 Å². The molecule has 0 saturated heterocycles. The SMILES string of the molecule is Cc1ccc(NC(=O)c2cccc(C)c2O)c(C)n1. The van der Waals surface area contributed by atoms with E-state index in [9.17, 15) is 9.90 Å². The van der Waals surface area contributed by atoms with E-state index in [1.807, 2.05) is 26.0 Å². The molecule has 98 valence electrons. The molecule has 0 spiro atoms. The first-order valence-electron chi connectivity index (χ1n) is 6.03. The lowest BCUT2D eigenvalue weighted by atomic mass is 10.1. The minimum Gasteiger partial charge on any atom is -0.507 e. The van der Waals surface area contributed by atoms with Crippen LogP contribution in [0.2, 0.25) is 0 Å². The van der Waals surface area contributed by atoms with Gasteiger partial charge in [-0.25, -0.2) is 0 Å². The number of phenolic OH excluding ortho intramolecular Hbond substituents is 1. The lowest BCUT2D eigenvalue weighted by Gasteiger charge is -2.10. The predicted molar refractivity (Wildman–Crippen MR) is 74.5 cm³/mol. The lowest BCUT2D eigenvalue weighted by molar-refractivity contribution is 0.102. The third kappa shape index (κ3) is 2.73. The van der Waals surface area contributed by atoms with Gasteiger partial charge < -0.3 is 10.4 Å². The number of hydrogen-bond acceptors (Lipinski definition) is 3. The molecule has 2 aromatic rings. The van der Waals surface area contributed by atoms with Crippen LogP contribution in [-0.4, -0.2) is 16.0 Å². The number of pyridine rings is 1. The van der Waals surface area contributed by atoms with E-state index in [1.165, 1.54) is 0 Å². The molecular formula is C15H16N2O2. The number of carbonyl (C=O) groups is 1. The summed E-state index contributed by atoms with van der Waals surface area (Å²) in [4.78, 5) is 16.4. The van der Waals surface area contributed by atoms with Gasteiger partial charge in [-0.2, -0.15) is 0 Å². The van der Waals surface area contributed by atoms with Crippen molar-refractivity contribution in [2.75, 3.05) is 5.32 Å². The zero-order valence-corrected chi connectivity index (χ0v) is 11.2. The van der Waals surface area contributed by atoms with Crippen LogP contribution in [0, 0.1) is 20.8 Å². The van der Waals surface area contributed by atoms with E-state index in [1.54, 1.807) is 25.1 Å². The average molecular weight is 256 g/mol. The Morgan fingerprint density at radius 1 is 1.16 bits per heavy atom. The van der Waals surface area contributed by atoms with Crippen LogP contribution in [0.25, 0.3) is 0 Å². The highest BCUT2D eigenvalue weighted by atomic mass is 16.3. The minimum atomic E-state index is -0.338. The van der Waals surface area contributed by atoms with E-state index in [0.717, 1.165) is 11.4 Å². The van der Waals surface area contributed by atoms with Gasteiger partial charge in [-0.3, -0.25) is 9.78 Å². The predicted octanol–water partition coefficient (Wildman–Crippen LogP) is 2.96. The quantitative estimate of drug-likeness (QED) is 0.868. The molecule has 2 N–H and O–H groups in total. The van der Waals surface area contributed by atoms with Gasteiger partial charge in [0.15, 0.2) is 0 Å². The Bertz CT molecular complexity index is 636. The number of para-hydroxylation sites is 1. The van der Waals surface area contributed by atoms with Crippen molar-refractivity contribution < 1.29 is 9.90 Å². The summed E-state index contributed by atoms with van der Waals surface area (Å²) >= 11 is 0. The second-order valence-electron chi connectivity index (χ2n) is 4.51. The number of amides is 1. The Balaban J connectivity index is 2.28. The van der Waals surface area contributed by atoms with Gasteiger partial charge in [0.05, 0.1) is 16.9 Å². The largest absolute Gasteiger partial charge is 0.507 e. The maximum Gasteiger partial charge on any atom is 0.259 e. The summed E-state index contributed by atoms with van der Waals surface area (Å²) in [6, 6.07) is 8.73. The van der Waals surface area contributed by atoms with Crippen molar-refractivity contribution in [1.82, 2.24) is 4.98 Å². The molecule has 2 rings (SSSR count). The number of aromatic nitrogens is 1. The normalized spacial score (nSPS) is 10.3. The van der Waals surface area contributed by atoms with Crippen molar-refractivity contribution in [3.63, 3.8) is 0 Å². The van der Waals surface area contributed by atoms with Crippen LogP contribution < -0.4 is 5.32 Å². The van der Waals surface area contributed by atoms with Crippen LogP contribution in [0.5, 0.6) is 5.75 Å². The van der Waals surface area contributed by atoms with Crippen molar-refractivity contribution in [3.8, 4) is 5.75 Å². The number of hydrogen-bond donors (Lipinski definition) is 2. The smallest absolute Gasteiger partial charge is 0.259 e. The highest BCUT2D eigenvalue weighted by Crippen LogP contribution is 2.23. The summed E-state index contributed by atoms with van der Waals surface area (Å²) in [6.07, 6.45) is 0. The zero-order chi connectivity index (χ0) is 14.0. The molecule has 1 aromatic heterocycles. The molecule has 0 atom stereocenters. The number of nitrogens with zero attached hydrogens (tertiary/aromatic N) is 1. The fourth-order valence-electron chi connectivity index (χ4n) is 1.85. The number of nitrogens with one attached hydrogen (secondary N) is 1. The van der Waals surface area contributed by atoms with Gasteiger partial charge in [0.2, 0.25) is 0 Å². The number of phenols is 1. The highest BCUT2D eigenvalue weighted by molar-refractivity contribution is 6.06. The minimum absolute atomic E-state index is 0.0118. The molecule has 0 aliphatic carbocycles. The lowest BCUT2D eigenvalue weighted by Crippen LogP contribution is -2.13. The topological polar surface area (TPSA) is 62.2 Å². The number of aryl methyl sites for hydroxylation is 3. The highest BCUT2D eigenvalue weighted by Gasteiger charge is 2.13. The van der Waals surface area contributed by atoms with E-state index in [2.05, 4.69) is 10.3 Å². The summed E-state index contributed by atoms with van der Waals surface area (Å²) in [5, 5.41) is 12.6. The number of carbonyl (C=O) groups excluding carboxylic acids is 1. The van der Waals surface area contributed by atoms with Crippen LogP contribution in [0.1, 0.15) is 27.3 Å². The maximum absolute atomic E-state index is 12.1. The first kappa shape index (κ1) is 13.1. The van der Waals surface area contributed by atoms with Crippen LogP contribution in [-0.2, 0) is 0 Å². The van der Waals surface area contributed by atoms with E-state index in [4.69, 9.17) is 0 Å². The average Bonchev–Trinajstić information content (AvgIpc) is 2.36. The number of aromatic hydroxyl groups is 1. The molecule has 0 aliphatic rings. The second kappa shape index (κ2) is 5.10. The summed E-state index contributed by atoms with van der Waals surface area (Å²) in [6.45, 7) is 5.48. The third-order valence-electron chi connectivity index (χ3n) is 2.96. The maximum atomic E-state index is 12.1. The molecule has 4 heteroatoms. The van der Waals surface area contributed by atoms with Crippen LogP contribution >= 0.6 is 0 Å². The summed E-state index contributed by atoms with van der Waals surface area (Å²) in [7, 11) is 0. The second-order valence-corrected chi connectivity index (χ2v) is 4.51. The molecule has 1 amide bonds. The van der Waals surface area contributed by atoms with Gasteiger partial charge in [-0.15, -0.1) is 0 Å². The summed E-state index contributed by atoms with van der Waals surface area (Å²) in [5.74, 6) is -0.326. The molecule has 0 radical (unpaired) electrons. The van der Waals surface area contributed by atoms with Crippen molar-refractivity contribution in [1.29, 1.82) is 0 Å². The van der Waals surface area contributed by atoms with Crippen LogP contribution in [0.3, 0.4) is 0 Å². The first-order chi connectivity index (χ1) is 8.99. The van der Waals surface area contributed by atoms with E-state index >= 15 is 0 Å². The zero-order valence-electron chi connectivity index (χ0n) is 11.2. The third-order valence-corrected chi connectivity index (χ3v) is 2.96. The Morgan fingerprint density at radius 2 is 1.89 bits per heavy atom. The molecule has 1 heterocycles. The molecular weight excluding hydrogens is 240 g/mol. The fraction of sp³-hybridized carbons (Fsp3) is 0.200. The van der Waals surface area contributed by atoms with Crippen molar-refractivity contribution >= 4 is 11.6 Å². The van der Waals surface area contributed by atoms with Gasteiger partial charge in [0, 0.05) is 5.69 Å². The Morgan fingerprint density at radius 3 is 2.58 bits per heavy atom. The fourth-order valence-corrected chi connectivity index (χ4v) is 1.85. The molecule has 0 fully saturated rings. The van der Waals surface area contributed by atoms with Crippen molar-refractivity contribution in [2.24, 2.45) is 0 Å². The number of anilines is 1.